The fourth-order valence-corrected chi connectivity index (χ4v) is 2.42. The third kappa shape index (κ3) is 3.06. The number of carbonyl (C=O) groups excluding carboxylic acids is 1. The fraction of sp³-hybridized carbons (Fsp3) is 0.667. The summed E-state index contributed by atoms with van der Waals surface area (Å²) in [4.78, 5) is 24.7. The van der Waals surface area contributed by atoms with Gasteiger partial charge in [-0.25, -0.2) is 4.79 Å². The average molecular weight is 281 g/mol. The van der Waals surface area contributed by atoms with E-state index >= 15 is 0 Å². The number of aliphatic carboxylic acids is 1. The number of amides is 2. The van der Waals surface area contributed by atoms with Crippen LogP contribution >= 0.6 is 0 Å². The van der Waals surface area contributed by atoms with Gasteiger partial charge in [-0.05, 0) is 19.8 Å². The molecule has 0 bridgehead atoms. The third-order valence-electron chi connectivity index (χ3n) is 3.69. The number of aryl methyl sites for hydroxylation is 1. The number of carboxylic acid groups (broad SMARTS) is 1. The Labute approximate surface area is 116 Å². The van der Waals surface area contributed by atoms with E-state index in [0.29, 0.717) is 31.8 Å². The summed E-state index contributed by atoms with van der Waals surface area (Å²) >= 11 is 0. The zero-order chi connectivity index (χ0) is 14.7. The first-order chi connectivity index (χ1) is 9.49. The van der Waals surface area contributed by atoms with Crippen LogP contribution in [0.1, 0.15) is 25.6 Å². The van der Waals surface area contributed by atoms with Crippen LogP contribution in [0.5, 0.6) is 0 Å². The van der Waals surface area contributed by atoms with E-state index in [2.05, 4.69) is 15.5 Å². The molecule has 1 aliphatic rings. The molecule has 8 nitrogen and oxygen atoms in total. The highest BCUT2D eigenvalue weighted by atomic mass is 16.4. The van der Waals surface area contributed by atoms with Crippen LogP contribution in [-0.2, 0) is 18.4 Å². The standard InChI is InChI=1S/C12H19N5O3/c1-8-5-9(11(18)19)3-4-17(8)12(20)13-6-10-15-14-7-16(10)2/h7-9H,3-6H2,1-2H3,(H,13,20)(H,18,19). The van der Waals surface area contributed by atoms with Crippen LogP contribution in [0.2, 0.25) is 0 Å². The van der Waals surface area contributed by atoms with Crippen molar-refractivity contribution in [3.05, 3.63) is 12.2 Å². The van der Waals surface area contributed by atoms with Crippen molar-refractivity contribution in [2.24, 2.45) is 13.0 Å². The molecule has 20 heavy (non-hydrogen) atoms. The van der Waals surface area contributed by atoms with Crippen LogP contribution in [0.3, 0.4) is 0 Å². The number of carbonyl (C=O) groups is 2. The molecule has 110 valence electrons. The number of nitrogens with zero attached hydrogens (tertiary/aromatic N) is 4. The normalized spacial score (nSPS) is 22.6. The fourth-order valence-electron chi connectivity index (χ4n) is 2.42. The summed E-state index contributed by atoms with van der Waals surface area (Å²) in [5, 5.41) is 19.4. The van der Waals surface area contributed by atoms with Crippen LogP contribution in [0.4, 0.5) is 4.79 Å². The van der Waals surface area contributed by atoms with Gasteiger partial charge in [0.15, 0.2) is 5.82 Å². The van der Waals surface area contributed by atoms with Gasteiger partial charge in [0.2, 0.25) is 0 Å². The number of rotatable bonds is 3. The molecule has 2 unspecified atom stereocenters. The number of piperidine rings is 1. The minimum Gasteiger partial charge on any atom is -0.481 e. The summed E-state index contributed by atoms with van der Waals surface area (Å²) in [6.07, 6.45) is 2.56. The smallest absolute Gasteiger partial charge is 0.318 e. The topological polar surface area (TPSA) is 100 Å². The number of nitrogens with one attached hydrogen (secondary N) is 1. The lowest BCUT2D eigenvalue weighted by molar-refractivity contribution is -0.143. The number of hydrogen-bond donors (Lipinski definition) is 2. The lowest BCUT2D eigenvalue weighted by Gasteiger charge is -2.36. The van der Waals surface area contributed by atoms with Crippen molar-refractivity contribution in [2.75, 3.05) is 6.54 Å². The van der Waals surface area contributed by atoms with Gasteiger partial charge in [0, 0.05) is 19.6 Å². The van der Waals surface area contributed by atoms with E-state index in [0.717, 1.165) is 0 Å². The van der Waals surface area contributed by atoms with Gasteiger partial charge in [-0.2, -0.15) is 0 Å². The molecule has 0 aliphatic carbocycles. The molecule has 0 spiro atoms. The largest absolute Gasteiger partial charge is 0.481 e. The molecule has 0 saturated carbocycles. The predicted octanol–water partition coefficient (Wildman–Crippen LogP) is 0.210. The molecule has 1 saturated heterocycles. The maximum atomic E-state index is 12.1. The first kappa shape index (κ1) is 14.3. The van der Waals surface area contributed by atoms with Crippen molar-refractivity contribution in [1.29, 1.82) is 0 Å². The summed E-state index contributed by atoms with van der Waals surface area (Å²) in [5.41, 5.74) is 0. The Morgan fingerprint density at radius 1 is 1.55 bits per heavy atom. The van der Waals surface area contributed by atoms with Crippen molar-refractivity contribution in [3.8, 4) is 0 Å². The van der Waals surface area contributed by atoms with Crippen LogP contribution in [0.25, 0.3) is 0 Å². The Morgan fingerprint density at radius 2 is 2.30 bits per heavy atom. The molecular formula is C12H19N5O3. The van der Waals surface area contributed by atoms with Gasteiger partial charge in [0.1, 0.15) is 6.33 Å². The van der Waals surface area contributed by atoms with Crippen molar-refractivity contribution in [3.63, 3.8) is 0 Å². The van der Waals surface area contributed by atoms with Gasteiger partial charge in [-0.1, -0.05) is 0 Å². The molecule has 2 N–H and O–H groups in total. The second-order valence-corrected chi connectivity index (χ2v) is 5.12. The van der Waals surface area contributed by atoms with Crippen LogP contribution in [-0.4, -0.2) is 49.4 Å². The summed E-state index contributed by atoms with van der Waals surface area (Å²) < 4.78 is 1.74. The Balaban J connectivity index is 1.87. The van der Waals surface area contributed by atoms with Crippen molar-refractivity contribution in [2.45, 2.75) is 32.4 Å². The van der Waals surface area contributed by atoms with Gasteiger partial charge in [-0.3, -0.25) is 4.79 Å². The van der Waals surface area contributed by atoms with E-state index in [1.807, 2.05) is 14.0 Å². The van der Waals surface area contributed by atoms with Crippen LogP contribution in [0.15, 0.2) is 6.33 Å². The van der Waals surface area contributed by atoms with E-state index in [1.165, 1.54) is 0 Å². The minimum absolute atomic E-state index is 0.0793. The molecule has 0 aromatic carbocycles. The zero-order valence-corrected chi connectivity index (χ0v) is 11.6. The first-order valence-corrected chi connectivity index (χ1v) is 6.59. The van der Waals surface area contributed by atoms with Gasteiger partial charge < -0.3 is 19.9 Å². The summed E-state index contributed by atoms with van der Waals surface area (Å²) in [6, 6.07) is -0.270. The third-order valence-corrected chi connectivity index (χ3v) is 3.69. The SMILES string of the molecule is CC1CC(C(=O)O)CCN1C(=O)NCc1nncn1C. The number of aromatic nitrogens is 3. The van der Waals surface area contributed by atoms with Gasteiger partial charge in [0.05, 0.1) is 12.5 Å². The quantitative estimate of drug-likeness (QED) is 0.825. The highest BCUT2D eigenvalue weighted by molar-refractivity contribution is 5.75. The summed E-state index contributed by atoms with van der Waals surface area (Å²) in [5.74, 6) is -0.463. The van der Waals surface area contributed by atoms with E-state index < -0.39 is 5.97 Å². The Hall–Kier alpha value is -2.12. The van der Waals surface area contributed by atoms with Crippen molar-refractivity contribution in [1.82, 2.24) is 25.0 Å². The second kappa shape index (κ2) is 5.89. The lowest BCUT2D eigenvalue weighted by atomic mass is 9.92. The molecule has 1 fully saturated rings. The predicted molar refractivity (Wildman–Crippen MR) is 69.8 cm³/mol. The van der Waals surface area contributed by atoms with Gasteiger partial charge in [-0.15, -0.1) is 10.2 Å². The van der Waals surface area contributed by atoms with Gasteiger partial charge >= 0.3 is 12.0 Å². The second-order valence-electron chi connectivity index (χ2n) is 5.12. The monoisotopic (exact) mass is 281 g/mol. The highest BCUT2D eigenvalue weighted by Gasteiger charge is 2.32. The number of carboxylic acids is 1. The minimum atomic E-state index is -0.781. The zero-order valence-electron chi connectivity index (χ0n) is 11.6. The molecule has 2 heterocycles. The molecule has 0 radical (unpaired) electrons. The Kier molecular flexibility index (Phi) is 4.21. The average Bonchev–Trinajstić information content (AvgIpc) is 2.81. The lowest BCUT2D eigenvalue weighted by Crippen LogP contribution is -2.50. The molecular weight excluding hydrogens is 262 g/mol. The van der Waals surface area contributed by atoms with Crippen LogP contribution < -0.4 is 5.32 Å². The molecule has 1 aliphatic heterocycles. The van der Waals surface area contributed by atoms with E-state index in [9.17, 15) is 9.59 Å². The Bertz CT molecular complexity index is 501. The molecule has 2 amide bonds. The molecule has 2 rings (SSSR count). The van der Waals surface area contributed by atoms with E-state index in [-0.39, 0.29) is 18.0 Å². The van der Waals surface area contributed by atoms with E-state index in [1.54, 1.807) is 15.8 Å². The maximum absolute atomic E-state index is 12.1. The van der Waals surface area contributed by atoms with Crippen molar-refractivity contribution >= 4 is 12.0 Å². The summed E-state index contributed by atoms with van der Waals surface area (Å²) in [7, 11) is 1.81. The molecule has 1 aromatic rings. The first-order valence-electron chi connectivity index (χ1n) is 6.59. The van der Waals surface area contributed by atoms with E-state index in [4.69, 9.17) is 5.11 Å². The summed E-state index contributed by atoms with van der Waals surface area (Å²) in [6.45, 7) is 2.64. The number of hydrogen-bond acceptors (Lipinski definition) is 4. The van der Waals surface area contributed by atoms with Gasteiger partial charge in [0.25, 0.3) is 0 Å². The Morgan fingerprint density at radius 3 is 2.85 bits per heavy atom. The highest BCUT2D eigenvalue weighted by Crippen LogP contribution is 2.22. The van der Waals surface area contributed by atoms with Crippen LogP contribution in [0, 0.1) is 5.92 Å². The molecule has 1 aromatic heterocycles. The van der Waals surface area contributed by atoms with Crippen molar-refractivity contribution < 1.29 is 14.7 Å². The number of urea groups is 1. The number of likely N-dealkylation sites (tertiary alicyclic amines) is 1. The maximum Gasteiger partial charge on any atom is 0.318 e. The molecule has 2 atom stereocenters. The molecule has 8 heteroatoms.